The van der Waals surface area contributed by atoms with Gasteiger partial charge in [0, 0.05) is 23.6 Å². The summed E-state index contributed by atoms with van der Waals surface area (Å²) in [6.45, 7) is 0. The lowest BCUT2D eigenvalue weighted by Gasteiger charge is -2.23. The first-order valence-corrected chi connectivity index (χ1v) is 7.99. The van der Waals surface area contributed by atoms with Crippen LogP contribution in [-0.2, 0) is 4.79 Å². The van der Waals surface area contributed by atoms with Gasteiger partial charge in [0.25, 0.3) is 0 Å². The van der Waals surface area contributed by atoms with Gasteiger partial charge in [-0.1, -0.05) is 23.7 Å². The minimum absolute atomic E-state index is 0.188. The van der Waals surface area contributed by atoms with Crippen LogP contribution >= 0.6 is 11.6 Å². The normalized spacial score (nSPS) is 19.8. The zero-order valence-electron chi connectivity index (χ0n) is 13.0. The molecule has 2 aromatic carbocycles. The van der Waals surface area contributed by atoms with E-state index < -0.39 is 0 Å². The fraction of sp³-hybridized carbons (Fsp3) is 0.263. The van der Waals surface area contributed by atoms with E-state index in [9.17, 15) is 4.79 Å². The number of Topliss-reactive ketones (excluding diaryl/α,β-unsaturated/α-hetero) is 1. The molecule has 118 valence electrons. The minimum Gasteiger partial charge on any atom is -0.497 e. The van der Waals surface area contributed by atoms with E-state index in [0.717, 1.165) is 29.1 Å². The molecule has 4 heteroatoms. The Morgan fingerprint density at radius 3 is 2.39 bits per heavy atom. The van der Waals surface area contributed by atoms with Gasteiger partial charge in [0.15, 0.2) is 0 Å². The highest BCUT2D eigenvalue weighted by Gasteiger charge is 2.25. The molecular formula is C19H18ClNO2. The molecule has 0 amide bonds. The van der Waals surface area contributed by atoms with E-state index in [1.807, 2.05) is 48.5 Å². The van der Waals surface area contributed by atoms with Crippen molar-refractivity contribution >= 4 is 28.8 Å². The van der Waals surface area contributed by atoms with Crippen LogP contribution < -0.4 is 4.74 Å². The van der Waals surface area contributed by atoms with E-state index in [-0.39, 0.29) is 11.7 Å². The first kappa shape index (κ1) is 15.8. The Kier molecular flexibility index (Phi) is 4.77. The van der Waals surface area contributed by atoms with Crippen LogP contribution in [0.5, 0.6) is 5.75 Å². The van der Waals surface area contributed by atoms with Gasteiger partial charge in [-0.3, -0.25) is 9.79 Å². The maximum atomic E-state index is 12.1. The average Bonchev–Trinajstić information content (AvgIpc) is 2.56. The number of aliphatic imine (C=N–C) groups is 1. The summed E-state index contributed by atoms with van der Waals surface area (Å²) in [4.78, 5) is 16.7. The third kappa shape index (κ3) is 3.99. The van der Waals surface area contributed by atoms with Crippen molar-refractivity contribution in [3.8, 4) is 5.75 Å². The molecule has 3 nitrogen and oxygen atoms in total. The Balaban J connectivity index is 1.80. The maximum Gasteiger partial charge on any atom is 0.139 e. The van der Waals surface area contributed by atoms with Crippen molar-refractivity contribution in [3.63, 3.8) is 0 Å². The number of ether oxygens (including phenoxy) is 1. The molecule has 1 atom stereocenters. The summed E-state index contributed by atoms with van der Waals surface area (Å²) in [5, 5.41) is 0.685. The summed E-state index contributed by atoms with van der Waals surface area (Å²) in [5.74, 6) is 1.25. The highest BCUT2D eigenvalue weighted by molar-refractivity contribution is 6.30. The molecule has 1 fully saturated rings. The van der Waals surface area contributed by atoms with Crippen molar-refractivity contribution in [2.75, 3.05) is 7.11 Å². The Hall–Kier alpha value is -2.13. The Morgan fingerprint density at radius 2 is 1.74 bits per heavy atom. The van der Waals surface area contributed by atoms with Gasteiger partial charge in [0.05, 0.1) is 12.8 Å². The van der Waals surface area contributed by atoms with E-state index in [4.69, 9.17) is 16.3 Å². The fourth-order valence-corrected chi connectivity index (χ4v) is 3.02. The van der Waals surface area contributed by atoms with Crippen molar-refractivity contribution < 1.29 is 9.53 Å². The highest BCUT2D eigenvalue weighted by atomic mass is 35.5. The third-order valence-electron chi connectivity index (χ3n) is 4.06. The predicted molar refractivity (Wildman–Crippen MR) is 93.1 cm³/mol. The van der Waals surface area contributed by atoms with Crippen LogP contribution in [-0.4, -0.2) is 18.6 Å². The summed E-state index contributed by atoms with van der Waals surface area (Å²) in [6.07, 6.45) is 1.82. The quantitative estimate of drug-likeness (QED) is 0.799. The molecule has 0 N–H and O–H groups in total. The molecule has 0 unspecified atom stereocenters. The summed E-state index contributed by atoms with van der Waals surface area (Å²) in [7, 11) is 1.65. The second kappa shape index (κ2) is 6.97. The number of benzene rings is 2. The van der Waals surface area contributed by atoms with Gasteiger partial charge in [-0.2, -0.15) is 0 Å². The second-order valence-electron chi connectivity index (χ2n) is 5.75. The van der Waals surface area contributed by atoms with Crippen LogP contribution in [0.15, 0.2) is 53.5 Å². The lowest BCUT2D eigenvalue weighted by Crippen LogP contribution is -2.21. The van der Waals surface area contributed by atoms with Crippen molar-refractivity contribution in [2.24, 2.45) is 4.99 Å². The molecule has 1 saturated carbocycles. The van der Waals surface area contributed by atoms with Gasteiger partial charge in [0.2, 0.25) is 0 Å². The average molecular weight is 328 g/mol. The number of methoxy groups -OCH3 is 1. The molecule has 0 aromatic heterocycles. The lowest BCUT2D eigenvalue weighted by atomic mass is 9.82. The molecule has 0 radical (unpaired) electrons. The topological polar surface area (TPSA) is 38.7 Å². The van der Waals surface area contributed by atoms with Crippen LogP contribution in [0.2, 0.25) is 5.02 Å². The van der Waals surface area contributed by atoms with Crippen LogP contribution in [0.1, 0.15) is 30.7 Å². The van der Waals surface area contributed by atoms with Gasteiger partial charge in [-0.05, 0) is 54.3 Å². The van der Waals surface area contributed by atoms with Gasteiger partial charge < -0.3 is 4.74 Å². The van der Waals surface area contributed by atoms with Gasteiger partial charge in [-0.15, -0.1) is 0 Å². The number of rotatable bonds is 3. The Labute approximate surface area is 141 Å². The monoisotopic (exact) mass is 327 g/mol. The van der Waals surface area contributed by atoms with Crippen molar-refractivity contribution in [1.82, 2.24) is 0 Å². The Morgan fingerprint density at radius 1 is 1.04 bits per heavy atom. The molecule has 3 rings (SSSR count). The summed E-state index contributed by atoms with van der Waals surface area (Å²) in [6, 6.07) is 15.3. The highest BCUT2D eigenvalue weighted by Crippen LogP contribution is 2.32. The van der Waals surface area contributed by atoms with Gasteiger partial charge in [0.1, 0.15) is 11.5 Å². The second-order valence-corrected chi connectivity index (χ2v) is 6.18. The molecule has 0 bridgehead atoms. The smallest absolute Gasteiger partial charge is 0.139 e. The molecule has 0 heterocycles. The molecule has 1 aliphatic carbocycles. The molecular weight excluding hydrogens is 310 g/mol. The number of hydrogen-bond donors (Lipinski definition) is 0. The number of nitrogens with zero attached hydrogens (tertiary/aromatic N) is 1. The SMILES string of the molecule is COc1ccc([C@@H]2CC(=O)CC(=Nc3ccc(Cl)cc3)C2)cc1. The number of carbonyl (C=O) groups is 1. The van der Waals surface area contributed by atoms with E-state index in [1.165, 1.54) is 0 Å². The number of halogens is 1. The van der Waals surface area contributed by atoms with Crippen molar-refractivity contribution in [3.05, 3.63) is 59.1 Å². The van der Waals surface area contributed by atoms with Crippen LogP contribution in [0.25, 0.3) is 0 Å². The van der Waals surface area contributed by atoms with Crippen LogP contribution in [0.4, 0.5) is 5.69 Å². The standard InChI is InChI=1S/C19H18ClNO2/c1-23-19-8-2-13(3-9-19)14-10-17(12-18(22)11-14)21-16-6-4-15(20)5-7-16/h2-9,14H,10-12H2,1H3/t14-/m0/s1. The molecule has 23 heavy (non-hydrogen) atoms. The fourth-order valence-electron chi connectivity index (χ4n) is 2.90. The van der Waals surface area contributed by atoms with Crippen molar-refractivity contribution in [2.45, 2.75) is 25.2 Å². The molecule has 0 saturated heterocycles. The van der Waals surface area contributed by atoms with Crippen molar-refractivity contribution in [1.29, 1.82) is 0 Å². The van der Waals surface area contributed by atoms with Gasteiger partial charge >= 0.3 is 0 Å². The zero-order chi connectivity index (χ0) is 16.2. The van der Waals surface area contributed by atoms with E-state index in [0.29, 0.717) is 17.9 Å². The Bertz CT molecular complexity index is 720. The number of carbonyl (C=O) groups excluding carboxylic acids is 1. The summed E-state index contributed by atoms with van der Waals surface area (Å²) >= 11 is 5.89. The van der Waals surface area contributed by atoms with Gasteiger partial charge in [-0.25, -0.2) is 0 Å². The largest absolute Gasteiger partial charge is 0.497 e. The number of ketones is 1. The minimum atomic E-state index is 0.188. The summed E-state index contributed by atoms with van der Waals surface area (Å²) in [5.41, 5.74) is 2.93. The molecule has 1 aliphatic rings. The third-order valence-corrected chi connectivity index (χ3v) is 4.31. The first-order valence-electron chi connectivity index (χ1n) is 7.61. The summed E-state index contributed by atoms with van der Waals surface area (Å²) < 4.78 is 5.19. The van der Waals surface area contributed by atoms with E-state index in [1.54, 1.807) is 7.11 Å². The lowest BCUT2D eigenvalue weighted by molar-refractivity contribution is -0.118. The van der Waals surface area contributed by atoms with Crippen LogP contribution in [0, 0.1) is 0 Å². The van der Waals surface area contributed by atoms with E-state index >= 15 is 0 Å². The maximum absolute atomic E-state index is 12.1. The zero-order valence-corrected chi connectivity index (χ0v) is 13.7. The molecule has 2 aromatic rings. The molecule has 0 spiro atoms. The predicted octanol–water partition coefficient (Wildman–Crippen LogP) is 4.96. The molecule has 0 aliphatic heterocycles. The first-order chi connectivity index (χ1) is 11.1. The van der Waals surface area contributed by atoms with Crippen LogP contribution in [0.3, 0.4) is 0 Å². The number of hydrogen-bond acceptors (Lipinski definition) is 3. The van der Waals surface area contributed by atoms with E-state index in [2.05, 4.69) is 4.99 Å².